The van der Waals surface area contributed by atoms with Crippen LogP contribution in [0.3, 0.4) is 0 Å². The summed E-state index contributed by atoms with van der Waals surface area (Å²) in [5.74, 6) is -0.171. The van der Waals surface area contributed by atoms with Crippen LogP contribution in [-0.4, -0.2) is 20.1 Å². The molecule has 1 aliphatic carbocycles. The highest BCUT2D eigenvalue weighted by atomic mass is 19.1. The first kappa shape index (κ1) is 14.3. The molecule has 19 heavy (non-hydrogen) atoms. The highest BCUT2D eigenvalue weighted by Crippen LogP contribution is 2.38. The van der Waals surface area contributed by atoms with Crippen LogP contribution in [0.2, 0.25) is 0 Å². The lowest BCUT2D eigenvalue weighted by atomic mass is 9.72. The van der Waals surface area contributed by atoms with Crippen molar-refractivity contribution in [2.24, 2.45) is 11.1 Å². The van der Waals surface area contributed by atoms with Crippen LogP contribution in [0, 0.1) is 11.2 Å². The van der Waals surface area contributed by atoms with Crippen LogP contribution >= 0.6 is 0 Å². The number of benzene rings is 1. The fraction of sp³-hybridized carbons (Fsp3) is 0.625. The second-order valence-corrected chi connectivity index (χ2v) is 5.92. The van der Waals surface area contributed by atoms with Gasteiger partial charge in [-0.1, -0.05) is 25.3 Å². The maximum Gasteiger partial charge on any atom is 0.125 e. The Morgan fingerprint density at radius 1 is 1.26 bits per heavy atom. The number of halogens is 1. The minimum absolute atomic E-state index is 0.171. The summed E-state index contributed by atoms with van der Waals surface area (Å²) in [6, 6.07) is 6.80. The summed E-state index contributed by atoms with van der Waals surface area (Å²) in [5, 5.41) is 0. The lowest BCUT2D eigenvalue weighted by molar-refractivity contribution is 0.185. The van der Waals surface area contributed by atoms with Crippen molar-refractivity contribution in [2.75, 3.05) is 25.0 Å². The molecular weight excluding hydrogens is 239 g/mol. The molecule has 0 amide bonds. The Balaban J connectivity index is 1.93. The molecule has 3 heteroatoms. The molecule has 2 N–H and O–H groups in total. The molecule has 0 bridgehead atoms. The van der Waals surface area contributed by atoms with Crippen molar-refractivity contribution < 1.29 is 4.39 Å². The predicted molar refractivity (Wildman–Crippen MR) is 78.9 cm³/mol. The summed E-state index contributed by atoms with van der Waals surface area (Å²) < 4.78 is 13.2. The average molecular weight is 264 g/mol. The van der Waals surface area contributed by atoms with Crippen LogP contribution in [0.4, 0.5) is 10.1 Å². The van der Waals surface area contributed by atoms with Gasteiger partial charge in [0, 0.05) is 19.3 Å². The topological polar surface area (TPSA) is 29.3 Å². The Labute approximate surface area is 115 Å². The van der Waals surface area contributed by atoms with Gasteiger partial charge in [0.25, 0.3) is 0 Å². The van der Waals surface area contributed by atoms with E-state index in [1.54, 1.807) is 12.1 Å². The molecule has 1 saturated carbocycles. The second-order valence-electron chi connectivity index (χ2n) is 5.92. The fourth-order valence-corrected chi connectivity index (χ4v) is 3.11. The Hall–Kier alpha value is -1.09. The molecule has 1 fully saturated rings. The number of hydrogen-bond acceptors (Lipinski definition) is 2. The van der Waals surface area contributed by atoms with Gasteiger partial charge in [0.15, 0.2) is 0 Å². The molecule has 2 nitrogen and oxygen atoms in total. The molecule has 0 heterocycles. The molecule has 0 saturated heterocycles. The van der Waals surface area contributed by atoms with Crippen LogP contribution in [0.25, 0.3) is 0 Å². The number of hydrogen-bond donors (Lipinski definition) is 1. The monoisotopic (exact) mass is 264 g/mol. The molecule has 0 unspecified atom stereocenters. The Kier molecular flexibility index (Phi) is 4.81. The molecule has 106 valence electrons. The molecule has 0 atom stereocenters. The van der Waals surface area contributed by atoms with E-state index in [1.807, 2.05) is 13.1 Å². The first-order valence-corrected chi connectivity index (χ1v) is 7.32. The van der Waals surface area contributed by atoms with Gasteiger partial charge in [0.1, 0.15) is 5.82 Å². The molecule has 0 aliphatic heterocycles. The quantitative estimate of drug-likeness (QED) is 0.881. The van der Waals surface area contributed by atoms with Crippen molar-refractivity contribution >= 4 is 5.69 Å². The largest absolute Gasteiger partial charge is 0.374 e. The van der Waals surface area contributed by atoms with Crippen molar-refractivity contribution in [2.45, 2.75) is 38.5 Å². The summed E-state index contributed by atoms with van der Waals surface area (Å²) in [4.78, 5) is 2.13. The third kappa shape index (κ3) is 3.69. The van der Waals surface area contributed by atoms with Crippen molar-refractivity contribution in [1.29, 1.82) is 0 Å². The Bertz CT molecular complexity index is 399. The maximum atomic E-state index is 13.2. The van der Waals surface area contributed by atoms with Crippen molar-refractivity contribution in [3.8, 4) is 0 Å². The first-order valence-electron chi connectivity index (χ1n) is 7.32. The highest BCUT2D eigenvalue weighted by molar-refractivity contribution is 5.45. The summed E-state index contributed by atoms with van der Waals surface area (Å²) in [5.41, 5.74) is 7.28. The van der Waals surface area contributed by atoms with E-state index >= 15 is 0 Å². The number of nitrogens with zero attached hydrogens (tertiary/aromatic N) is 1. The van der Waals surface area contributed by atoms with Crippen molar-refractivity contribution in [1.82, 2.24) is 0 Å². The van der Waals surface area contributed by atoms with E-state index in [-0.39, 0.29) is 5.82 Å². The zero-order valence-electron chi connectivity index (χ0n) is 11.9. The summed E-state index contributed by atoms with van der Waals surface area (Å²) in [6.07, 6.45) is 7.57. The van der Waals surface area contributed by atoms with Crippen LogP contribution in [0.5, 0.6) is 0 Å². The smallest absolute Gasteiger partial charge is 0.125 e. The van der Waals surface area contributed by atoms with Gasteiger partial charge < -0.3 is 10.6 Å². The van der Waals surface area contributed by atoms with E-state index in [1.165, 1.54) is 38.2 Å². The summed E-state index contributed by atoms with van der Waals surface area (Å²) in [7, 11) is 2.03. The first-order chi connectivity index (χ1) is 9.15. The fourth-order valence-electron chi connectivity index (χ4n) is 3.11. The van der Waals surface area contributed by atoms with E-state index in [0.717, 1.165) is 25.2 Å². The zero-order valence-corrected chi connectivity index (χ0v) is 11.9. The van der Waals surface area contributed by atoms with E-state index in [2.05, 4.69) is 4.90 Å². The molecule has 1 aromatic carbocycles. The SMILES string of the molecule is CN(CCC1(CN)CCCCC1)c1cccc(F)c1. The molecular formula is C16H25FN2. The molecule has 0 radical (unpaired) electrons. The van der Waals surface area contributed by atoms with Gasteiger partial charge in [-0.2, -0.15) is 0 Å². The van der Waals surface area contributed by atoms with Gasteiger partial charge >= 0.3 is 0 Å². The predicted octanol–water partition coefficient (Wildman–Crippen LogP) is 3.56. The van der Waals surface area contributed by atoms with Crippen LogP contribution in [0.1, 0.15) is 38.5 Å². The van der Waals surface area contributed by atoms with E-state index in [0.29, 0.717) is 5.41 Å². The standard InChI is InChI=1S/C16H25FN2/c1-19(15-7-5-6-14(17)12-15)11-10-16(13-18)8-3-2-4-9-16/h5-7,12H,2-4,8-11,13,18H2,1H3. The number of anilines is 1. The van der Waals surface area contributed by atoms with Gasteiger partial charge in [0.2, 0.25) is 0 Å². The molecule has 2 rings (SSSR count). The lowest BCUT2D eigenvalue weighted by Gasteiger charge is -2.37. The van der Waals surface area contributed by atoms with Crippen LogP contribution in [-0.2, 0) is 0 Å². The number of nitrogens with two attached hydrogens (primary N) is 1. The van der Waals surface area contributed by atoms with Gasteiger partial charge in [-0.15, -0.1) is 0 Å². The molecule has 0 aromatic heterocycles. The highest BCUT2D eigenvalue weighted by Gasteiger charge is 2.30. The summed E-state index contributed by atoms with van der Waals surface area (Å²) >= 11 is 0. The maximum absolute atomic E-state index is 13.2. The van der Waals surface area contributed by atoms with E-state index in [4.69, 9.17) is 5.73 Å². The molecule has 1 aromatic rings. The summed E-state index contributed by atoms with van der Waals surface area (Å²) in [6.45, 7) is 1.73. The van der Waals surface area contributed by atoms with Crippen LogP contribution < -0.4 is 10.6 Å². The van der Waals surface area contributed by atoms with Crippen molar-refractivity contribution in [3.05, 3.63) is 30.1 Å². The van der Waals surface area contributed by atoms with Gasteiger partial charge in [-0.25, -0.2) is 4.39 Å². The van der Waals surface area contributed by atoms with Gasteiger partial charge in [-0.3, -0.25) is 0 Å². The molecule has 1 aliphatic rings. The van der Waals surface area contributed by atoms with E-state index < -0.39 is 0 Å². The van der Waals surface area contributed by atoms with Gasteiger partial charge in [0.05, 0.1) is 0 Å². The van der Waals surface area contributed by atoms with Crippen molar-refractivity contribution in [3.63, 3.8) is 0 Å². The normalized spacial score (nSPS) is 18.3. The average Bonchev–Trinajstić information content (AvgIpc) is 2.46. The van der Waals surface area contributed by atoms with Crippen LogP contribution in [0.15, 0.2) is 24.3 Å². The molecule has 0 spiro atoms. The van der Waals surface area contributed by atoms with Gasteiger partial charge in [-0.05, 0) is 49.4 Å². The minimum Gasteiger partial charge on any atom is -0.374 e. The Morgan fingerprint density at radius 2 is 2.00 bits per heavy atom. The lowest BCUT2D eigenvalue weighted by Crippen LogP contribution is -2.36. The van der Waals surface area contributed by atoms with E-state index in [9.17, 15) is 4.39 Å². The second kappa shape index (κ2) is 6.38. The minimum atomic E-state index is -0.171. The zero-order chi connectivity index (χ0) is 13.7. The number of rotatable bonds is 5. The third-order valence-electron chi connectivity index (χ3n) is 4.57. The third-order valence-corrected chi connectivity index (χ3v) is 4.57. The Morgan fingerprint density at radius 3 is 2.63 bits per heavy atom.